The lowest BCUT2D eigenvalue weighted by molar-refractivity contribution is 0.570. The predicted molar refractivity (Wildman–Crippen MR) is 501 cm³/mol. The standard InChI is InChI=1S/2C14H16.C13H15N.C11H14N2.C11H12O.2C10H13N3.C10H14N2.C10H12N2/c2*1-14(2,3)13-9-8-11-6-4-5-7-12(11)10-13;1-13(2,3)12-8-10-6-4-5-7-11(10)9-14-12;1-7(2)9-5-4-6-10-11(9)13-8(3)12-10;1-8(2)9-3-4-11-10(7-9)5-6-12-11;1-6(2)7-4-3-5-8-9(7)13-10(11)12-8;1-6(2)7-4-3-5-8-9(7)12-13-10(8)11;2*1-7(2)8-3-5-11-9-4-6-12-10(8)9/h2*4-10H,1-3H3;4-9H,1-3H3;4-7H,1-3H3,(H,12,13);3-8H,1-2H3;2*3-6H,1-2H3,(H3,11,12,13);3,5,7,12H,4,6H2,1-2H3;3-7,12H,1-2H3. The number of nitrogens with one attached hydrogen (secondary N) is 5. The Morgan fingerprint density at radius 1 is 0.419 bits per heavy atom. The molecule has 14 heteroatoms. The van der Waals surface area contributed by atoms with E-state index in [9.17, 15) is 0 Å². The third-order valence-corrected chi connectivity index (χ3v) is 21.0. The van der Waals surface area contributed by atoms with Gasteiger partial charge in [-0.05, 0) is 185 Å². The van der Waals surface area contributed by atoms with Gasteiger partial charge in [0.15, 0.2) is 11.8 Å². The summed E-state index contributed by atoms with van der Waals surface area (Å²) in [6.07, 6.45) is 10.5. The number of fused-ring (bicyclic) bond motifs is 9. The summed E-state index contributed by atoms with van der Waals surface area (Å²) in [5, 5.41) is 20.3. The molecule has 0 fully saturated rings. The molecular formula is C103H125N13O. The van der Waals surface area contributed by atoms with Crippen LogP contribution in [-0.4, -0.2) is 56.6 Å². The zero-order valence-corrected chi connectivity index (χ0v) is 73.2. The molecule has 18 rings (SSSR count). The van der Waals surface area contributed by atoms with E-state index in [4.69, 9.17) is 15.9 Å². The summed E-state index contributed by atoms with van der Waals surface area (Å²) in [5.74, 6) is 5.29. The number of rotatable bonds is 6. The quantitative estimate of drug-likeness (QED) is 0.0835. The van der Waals surface area contributed by atoms with E-state index < -0.39 is 0 Å². The van der Waals surface area contributed by atoms with Gasteiger partial charge in [0.25, 0.3) is 0 Å². The molecule has 0 radical (unpaired) electrons. The van der Waals surface area contributed by atoms with Crippen LogP contribution in [0.5, 0.6) is 0 Å². The van der Waals surface area contributed by atoms with E-state index in [0.29, 0.717) is 47.3 Å². The van der Waals surface area contributed by atoms with Gasteiger partial charge in [0, 0.05) is 65.0 Å². The van der Waals surface area contributed by atoms with Gasteiger partial charge in [-0.1, -0.05) is 297 Å². The lowest BCUT2D eigenvalue weighted by Crippen LogP contribution is -2.12. The summed E-state index contributed by atoms with van der Waals surface area (Å²) in [7, 11) is 0. The Morgan fingerprint density at radius 3 is 1.50 bits per heavy atom. The van der Waals surface area contributed by atoms with Crippen LogP contribution in [0.15, 0.2) is 248 Å². The number of anilines is 3. The smallest absolute Gasteiger partial charge is 0.198 e. The fourth-order valence-corrected chi connectivity index (χ4v) is 14.1. The Morgan fingerprint density at radius 2 is 0.932 bits per heavy atom. The highest BCUT2D eigenvalue weighted by Gasteiger charge is 2.20. The van der Waals surface area contributed by atoms with Crippen LogP contribution in [-0.2, 0) is 22.7 Å². The van der Waals surface area contributed by atoms with Gasteiger partial charge < -0.3 is 36.2 Å². The summed E-state index contributed by atoms with van der Waals surface area (Å²) < 4.78 is 5.25. The first-order valence-electron chi connectivity index (χ1n) is 41.5. The van der Waals surface area contributed by atoms with Crippen molar-refractivity contribution in [2.24, 2.45) is 0 Å². The molecule has 0 saturated heterocycles. The monoisotopic (exact) mass is 1560 g/mol. The minimum atomic E-state index is 0.129. The molecule has 1 aliphatic rings. The number of pyridine rings is 3. The van der Waals surface area contributed by atoms with Crippen molar-refractivity contribution >= 4 is 105 Å². The van der Waals surface area contributed by atoms with Gasteiger partial charge in [0.2, 0.25) is 0 Å². The Kier molecular flexibility index (Phi) is 29.3. The maximum absolute atomic E-state index is 5.70. The lowest BCUT2D eigenvalue weighted by Gasteiger charge is -2.19. The number of furan rings is 1. The first-order valence-corrected chi connectivity index (χ1v) is 41.5. The van der Waals surface area contributed by atoms with Crippen LogP contribution in [0.1, 0.15) is 243 Å². The van der Waals surface area contributed by atoms with Crippen molar-refractivity contribution in [3.8, 4) is 0 Å². The van der Waals surface area contributed by atoms with Gasteiger partial charge in [-0.2, -0.15) is 5.10 Å². The van der Waals surface area contributed by atoms with Crippen molar-refractivity contribution in [3.63, 3.8) is 0 Å². The Bertz CT molecular complexity index is 5720. The van der Waals surface area contributed by atoms with Gasteiger partial charge >= 0.3 is 0 Å². The number of aromatic amines is 4. The molecule has 0 atom stereocenters. The van der Waals surface area contributed by atoms with Gasteiger partial charge in [0.1, 0.15) is 11.4 Å². The van der Waals surface area contributed by atoms with Gasteiger partial charge in [0.05, 0.1) is 56.3 Å². The summed E-state index contributed by atoms with van der Waals surface area (Å²) in [6, 6.07) is 74.0. The Labute approximate surface area is 694 Å². The zero-order chi connectivity index (χ0) is 84.5. The van der Waals surface area contributed by atoms with Crippen LogP contribution in [0.2, 0.25) is 0 Å². The summed E-state index contributed by atoms with van der Waals surface area (Å²) in [5.41, 5.74) is 34.8. The Hall–Kier alpha value is -11.9. The maximum Gasteiger partial charge on any atom is 0.198 e. The van der Waals surface area contributed by atoms with Crippen molar-refractivity contribution in [3.05, 3.63) is 305 Å². The molecule has 0 bridgehead atoms. The fraction of sp³-hybridized carbons (Fsp3) is 0.320. The second-order valence-electron chi connectivity index (χ2n) is 35.3. The number of imidazole rings is 2. The largest absolute Gasteiger partial charge is 0.464 e. The molecule has 0 spiro atoms. The number of hydrogen-bond donors (Lipinski definition) is 7. The average Bonchev–Trinajstić information content (AvgIpc) is 1.66. The molecule has 1 aliphatic heterocycles. The first-order chi connectivity index (χ1) is 55.6. The number of nitrogen functional groups attached to an aromatic ring is 2. The molecular weight excluding hydrogens is 1440 g/mol. The number of nitrogens with zero attached hydrogens (tertiary/aromatic N) is 6. The topological polar surface area (TPSA) is 218 Å². The molecule has 8 aromatic heterocycles. The third kappa shape index (κ3) is 23.2. The molecule has 14 nitrogen and oxygen atoms in total. The molecule has 9 aromatic carbocycles. The van der Waals surface area contributed by atoms with Crippen LogP contribution in [0.4, 0.5) is 17.5 Å². The number of aromatic nitrogens is 10. The first kappa shape index (κ1) is 87.5. The lowest BCUT2D eigenvalue weighted by atomic mass is 9.86. The van der Waals surface area contributed by atoms with Crippen molar-refractivity contribution in [1.82, 2.24) is 50.1 Å². The van der Waals surface area contributed by atoms with E-state index >= 15 is 0 Å². The maximum atomic E-state index is 5.70. The van der Waals surface area contributed by atoms with E-state index in [0.717, 1.165) is 68.6 Å². The van der Waals surface area contributed by atoms with Crippen molar-refractivity contribution in [1.29, 1.82) is 0 Å². The van der Waals surface area contributed by atoms with Crippen molar-refractivity contribution in [2.75, 3.05) is 23.3 Å². The molecule has 17 aromatic rings. The van der Waals surface area contributed by atoms with Crippen LogP contribution in [0.25, 0.3) is 87.3 Å². The molecule has 0 aliphatic carbocycles. The fourth-order valence-electron chi connectivity index (χ4n) is 14.1. The van der Waals surface area contributed by atoms with Gasteiger partial charge in [-0.25, -0.2) is 9.97 Å². The molecule has 9 N–H and O–H groups in total. The van der Waals surface area contributed by atoms with Gasteiger partial charge in [-0.3, -0.25) is 20.1 Å². The van der Waals surface area contributed by atoms with Crippen LogP contribution in [0.3, 0.4) is 0 Å². The van der Waals surface area contributed by atoms with Crippen LogP contribution >= 0.6 is 0 Å². The van der Waals surface area contributed by atoms with E-state index in [1.807, 2.05) is 80.2 Å². The molecule has 117 heavy (non-hydrogen) atoms. The minimum Gasteiger partial charge on any atom is -0.464 e. The third-order valence-electron chi connectivity index (χ3n) is 21.0. The zero-order valence-electron chi connectivity index (χ0n) is 73.2. The number of aryl methyl sites for hydroxylation is 1. The number of H-pyrrole nitrogens is 4. The minimum absolute atomic E-state index is 0.129. The molecule has 0 saturated carbocycles. The number of benzene rings is 9. The SMILES string of the molecule is CC(C)(C)c1cc2ccccc2cn1.CC(C)(C)c1ccc2ccccc2c1.CC(C)(C)c1ccc2ccccc2c1.CC(C)c1ccc2occc2c1.CC(C)c1cccc2[nH]c(N)nc12.CC(C)c1cccc2c(N)n[nH]c12.CC(C)c1ccnc2c1NCC2.CC(C)c1ccnc2cc[nH]c12.Cc1nc2c(C(C)C)cccc2[nH]1. The molecule has 0 unspecified atom stereocenters. The molecule has 0 amide bonds. The van der Waals surface area contributed by atoms with Crippen molar-refractivity contribution in [2.45, 2.75) is 210 Å². The number of nitrogens with two attached hydrogens (primary N) is 2. The predicted octanol–water partition coefficient (Wildman–Crippen LogP) is 27.8. The molecule has 9 heterocycles. The van der Waals surface area contributed by atoms with E-state index in [1.165, 1.54) is 99.1 Å². The summed E-state index contributed by atoms with van der Waals surface area (Å²) >= 11 is 0. The van der Waals surface area contributed by atoms with E-state index in [1.54, 1.807) is 6.26 Å². The molecule has 608 valence electrons. The average molecular weight is 1560 g/mol. The highest BCUT2D eigenvalue weighted by molar-refractivity contribution is 5.91. The highest BCUT2D eigenvalue weighted by Crippen LogP contribution is 2.34. The summed E-state index contributed by atoms with van der Waals surface area (Å²) in [6.45, 7) is 49.3. The Balaban J connectivity index is 0.000000139. The normalized spacial score (nSPS) is 11.9. The number of hydrogen-bond acceptors (Lipinski definition) is 10. The second-order valence-corrected chi connectivity index (χ2v) is 35.3. The second kappa shape index (κ2) is 39.2. The van der Waals surface area contributed by atoms with E-state index in [-0.39, 0.29) is 16.2 Å². The van der Waals surface area contributed by atoms with Crippen molar-refractivity contribution < 1.29 is 4.42 Å². The van der Waals surface area contributed by atoms with Crippen LogP contribution < -0.4 is 16.8 Å². The van der Waals surface area contributed by atoms with E-state index in [2.05, 4.69) is 365 Å². The van der Waals surface area contributed by atoms with Crippen LogP contribution in [0, 0.1) is 6.92 Å². The summed E-state index contributed by atoms with van der Waals surface area (Å²) in [4.78, 5) is 31.3. The number of para-hydroxylation sites is 3. The van der Waals surface area contributed by atoms with Gasteiger partial charge in [-0.15, -0.1) is 0 Å². The highest BCUT2D eigenvalue weighted by atomic mass is 16.3.